The zero-order valence-corrected chi connectivity index (χ0v) is 15.3. The van der Waals surface area contributed by atoms with E-state index in [9.17, 15) is 4.79 Å². The zero-order valence-electron chi connectivity index (χ0n) is 13.7. The molecule has 0 saturated carbocycles. The Morgan fingerprint density at radius 2 is 1.80 bits per heavy atom. The first kappa shape index (κ1) is 17.4. The number of nitrogens with one attached hydrogen (secondary N) is 1. The number of nitrogens with two attached hydrogens (primary N) is 1. The van der Waals surface area contributed by atoms with Gasteiger partial charge in [0.25, 0.3) is 0 Å². The first-order valence-electron chi connectivity index (χ1n) is 7.78. The summed E-state index contributed by atoms with van der Waals surface area (Å²) in [4.78, 5) is 12.1. The van der Waals surface area contributed by atoms with Crippen molar-refractivity contribution in [2.75, 3.05) is 11.5 Å². The quantitative estimate of drug-likeness (QED) is 0.646. The van der Waals surface area contributed by atoms with Crippen LogP contribution in [0, 0.1) is 0 Å². The molecule has 3 aromatic rings. The van der Waals surface area contributed by atoms with Gasteiger partial charge >= 0.3 is 0 Å². The zero-order chi connectivity index (χ0) is 17.6. The molecule has 1 aromatic heterocycles. The molecule has 1 atom stereocenters. The maximum absolute atomic E-state index is 12.1. The van der Waals surface area contributed by atoms with Crippen molar-refractivity contribution in [3.8, 4) is 11.1 Å². The minimum atomic E-state index is -0.0580. The number of benzene rings is 2. The Morgan fingerprint density at radius 1 is 1.12 bits per heavy atom. The number of nitrogens with zero attached hydrogens (tertiary/aromatic N) is 2. The van der Waals surface area contributed by atoms with Gasteiger partial charge in [-0.25, -0.2) is 0 Å². The van der Waals surface area contributed by atoms with Crippen molar-refractivity contribution >= 4 is 34.1 Å². The van der Waals surface area contributed by atoms with Crippen molar-refractivity contribution < 1.29 is 4.79 Å². The number of carbonyl (C=O) groups excluding carboxylic acids is 1. The van der Waals surface area contributed by atoms with Crippen LogP contribution >= 0.6 is 23.1 Å². The molecule has 0 fully saturated rings. The fraction of sp³-hybridized carbons (Fsp3) is 0.167. The fourth-order valence-corrected chi connectivity index (χ4v) is 3.81. The highest BCUT2D eigenvalue weighted by atomic mass is 32.2. The summed E-state index contributed by atoms with van der Waals surface area (Å²) in [6.45, 7) is 1.98. The third-order valence-electron chi connectivity index (χ3n) is 3.64. The molecule has 25 heavy (non-hydrogen) atoms. The third-order valence-corrected chi connectivity index (χ3v) is 5.53. The second kappa shape index (κ2) is 8.13. The predicted molar refractivity (Wildman–Crippen MR) is 103 cm³/mol. The van der Waals surface area contributed by atoms with Crippen molar-refractivity contribution in [1.82, 2.24) is 15.5 Å². The number of amides is 1. The van der Waals surface area contributed by atoms with E-state index in [-0.39, 0.29) is 11.9 Å². The summed E-state index contributed by atoms with van der Waals surface area (Å²) in [7, 11) is 0. The Hall–Kier alpha value is -2.38. The molecule has 0 bridgehead atoms. The molecule has 3 rings (SSSR count). The Kier molecular flexibility index (Phi) is 5.67. The summed E-state index contributed by atoms with van der Waals surface area (Å²) in [6.07, 6.45) is 0. The number of anilines is 1. The summed E-state index contributed by atoms with van der Waals surface area (Å²) >= 11 is 2.62. The lowest BCUT2D eigenvalue weighted by atomic mass is 10.0. The van der Waals surface area contributed by atoms with E-state index in [4.69, 9.17) is 5.73 Å². The lowest BCUT2D eigenvalue weighted by Gasteiger charge is -2.14. The van der Waals surface area contributed by atoms with Gasteiger partial charge < -0.3 is 11.1 Å². The number of nitrogen functional groups attached to an aromatic ring is 1. The number of aromatic nitrogens is 2. The van der Waals surface area contributed by atoms with Crippen molar-refractivity contribution in [3.63, 3.8) is 0 Å². The molecule has 0 radical (unpaired) electrons. The van der Waals surface area contributed by atoms with Crippen LogP contribution in [0.15, 0.2) is 58.9 Å². The number of hydrogen-bond acceptors (Lipinski definition) is 6. The van der Waals surface area contributed by atoms with E-state index in [1.807, 2.05) is 37.3 Å². The average Bonchev–Trinajstić information content (AvgIpc) is 3.06. The van der Waals surface area contributed by atoms with Gasteiger partial charge in [0.15, 0.2) is 4.34 Å². The summed E-state index contributed by atoms with van der Waals surface area (Å²) in [6, 6.07) is 18.4. The van der Waals surface area contributed by atoms with Crippen molar-refractivity contribution in [3.05, 3.63) is 60.2 Å². The lowest BCUT2D eigenvalue weighted by Crippen LogP contribution is -2.28. The van der Waals surface area contributed by atoms with Gasteiger partial charge in [0.2, 0.25) is 11.0 Å². The van der Waals surface area contributed by atoms with Gasteiger partial charge in [-0.3, -0.25) is 4.79 Å². The molecule has 1 amide bonds. The van der Waals surface area contributed by atoms with E-state index < -0.39 is 0 Å². The molecule has 0 aliphatic rings. The van der Waals surface area contributed by atoms with E-state index in [2.05, 4.69) is 39.8 Å². The minimum absolute atomic E-state index is 0.0431. The monoisotopic (exact) mass is 370 g/mol. The normalized spacial score (nSPS) is 11.9. The Labute approximate surface area is 154 Å². The lowest BCUT2D eigenvalue weighted by molar-refractivity contribution is -0.119. The molecule has 1 unspecified atom stereocenters. The Bertz CT molecular complexity index is 834. The standard InChI is InChI=1S/C18H18N4OS2/c1-12(20-16(23)11-24-18-22-21-17(19)25-18)13-7-9-15(10-8-13)14-5-3-2-4-6-14/h2-10,12H,11H2,1H3,(H2,19,21)(H,20,23). The molecule has 3 N–H and O–H groups in total. The molecule has 128 valence electrons. The topological polar surface area (TPSA) is 80.9 Å². The highest BCUT2D eigenvalue weighted by Crippen LogP contribution is 2.24. The highest BCUT2D eigenvalue weighted by molar-refractivity contribution is 8.01. The van der Waals surface area contributed by atoms with E-state index >= 15 is 0 Å². The second-order valence-corrected chi connectivity index (χ2v) is 7.70. The molecular formula is C18H18N4OS2. The predicted octanol–water partition coefficient (Wildman–Crippen LogP) is 3.76. The SMILES string of the molecule is CC(NC(=O)CSc1nnc(N)s1)c1ccc(-c2ccccc2)cc1. The van der Waals surface area contributed by atoms with E-state index in [1.165, 1.54) is 28.7 Å². The molecule has 5 nitrogen and oxygen atoms in total. The maximum atomic E-state index is 12.1. The van der Waals surface area contributed by atoms with Crippen LogP contribution in [0.2, 0.25) is 0 Å². The van der Waals surface area contributed by atoms with Crippen LogP contribution in [0.5, 0.6) is 0 Å². The molecular weight excluding hydrogens is 352 g/mol. The van der Waals surface area contributed by atoms with Gasteiger partial charge in [0, 0.05) is 0 Å². The molecule has 0 aliphatic carbocycles. The summed E-state index contributed by atoms with van der Waals surface area (Å²) in [5.74, 6) is 0.250. The van der Waals surface area contributed by atoms with E-state index in [1.54, 1.807) is 0 Å². The fourth-order valence-electron chi connectivity index (χ4n) is 2.37. The number of hydrogen-bond donors (Lipinski definition) is 2. The van der Waals surface area contributed by atoms with Gasteiger partial charge in [-0.15, -0.1) is 10.2 Å². The van der Waals surface area contributed by atoms with Crippen molar-refractivity contribution in [1.29, 1.82) is 0 Å². The molecule has 0 aliphatic heterocycles. The van der Waals surface area contributed by atoms with Crippen LogP contribution < -0.4 is 11.1 Å². The van der Waals surface area contributed by atoms with Gasteiger partial charge in [0.1, 0.15) is 0 Å². The van der Waals surface area contributed by atoms with Crippen LogP contribution in [-0.2, 0) is 4.79 Å². The Balaban J connectivity index is 1.55. The summed E-state index contributed by atoms with van der Waals surface area (Å²) < 4.78 is 0.701. The minimum Gasteiger partial charge on any atom is -0.374 e. The van der Waals surface area contributed by atoms with Crippen molar-refractivity contribution in [2.24, 2.45) is 0 Å². The van der Waals surface area contributed by atoms with Gasteiger partial charge in [-0.2, -0.15) is 0 Å². The molecule has 0 spiro atoms. The number of carbonyl (C=O) groups is 1. The van der Waals surface area contributed by atoms with Crippen LogP contribution in [0.3, 0.4) is 0 Å². The van der Waals surface area contributed by atoms with E-state index in [0.29, 0.717) is 15.2 Å². The first-order valence-corrected chi connectivity index (χ1v) is 9.58. The highest BCUT2D eigenvalue weighted by Gasteiger charge is 2.11. The average molecular weight is 371 g/mol. The summed E-state index contributed by atoms with van der Waals surface area (Å²) in [5.41, 5.74) is 8.93. The first-order chi connectivity index (χ1) is 12.1. The maximum Gasteiger partial charge on any atom is 0.230 e. The number of thioether (sulfide) groups is 1. The van der Waals surface area contributed by atoms with Crippen LogP contribution in [0.4, 0.5) is 5.13 Å². The van der Waals surface area contributed by atoms with Crippen LogP contribution in [-0.4, -0.2) is 21.9 Å². The third kappa shape index (κ3) is 4.80. The van der Waals surface area contributed by atoms with Gasteiger partial charge in [0.05, 0.1) is 11.8 Å². The second-order valence-electron chi connectivity index (χ2n) is 5.47. The molecule has 0 saturated heterocycles. The molecule has 7 heteroatoms. The summed E-state index contributed by atoms with van der Waals surface area (Å²) in [5, 5.41) is 11.0. The van der Waals surface area contributed by atoms with Crippen molar-refractivity contribution in [2.45, 2.75) is 17.3 Å². The molecule has 1 heterocycles. The Morgan fingerprint density at radius 3 is 2.44 bits per heavy atom. The van der Waals surface area contributed by atoms with Crippen LogP contribution in [0.1, 0.15) is 18.5 Å². The van der Waals surface area contributed by atoms with Crippen LogP contribution in [0.25, 0.3) is 11.1 Å². The smallest absolute Gasteiger partial charge is 0.230 e. The largest absolute Gasteiger partial charge is 0.374 e. The van der Waals surface area contributed by atoms with Gasteiger partial charge in [-0.1, -0.05) is 77.7 Å². The van der Waals surface area contributed by atoms with E-state index in [0.717, 1.165) is 11.1 Å². The molecule has 2 aromatic carbocycles. The van der Waals surface area contributed by atoms with Gasteiger partial charge in [-0.05, 0) is 23.6 Å². The number of rotatable bonds is 6.